The number of esters is 2. The highest BCUT2D eigenvalue weighted by Gasteiger charge is 2.36. The molecule has 1 heterocycles. The SMILES string of the molecule is COC(=O)C1=C(O)C(=O)OC1C. The Balaban J connectivity index is 3.00. The van der Waals surface area contributed by atoms with Gasteiger partial charge in [-0.15, -0.1) is 0 Å². The third-order valence-corrected chi connectivity index (χ3v) is 1.54. The van der Waals surface area contributed by atoms with Crippen molar-refractivity contribution in [3.63, 3.8) is 0 Å². The second-order valence-corrected chi connectivity index (χ2v) is 2.30. The molecule has 0 aromatic carbocycles. The zero-order chi connectivity index (χ0) is 9.30. The van der Waals surface area contributed by atoms with Crippen molar-refractivity contribution >= 4 is 11.9 Å². The Labute approximate surface area is 68.6 Å². The first-order chi connectivity index (χ1) is 5.57. The summed E-state index contributed by atoms with van der Waals surface area (Å²) in [6, 6.07) is 0. The van der Waals surface area contributed by atoms with E-state index in [-0.39, 0.29) is 5.57 Å². The molecular weight excluding hydrogens is 164 g/mol. The summed E-state index contributed by atoms with van der Waals surface area (Å²) in [4.78, 5) is 21.6. The number of rotatable bonds is 1. The van der Waals surface area contributed by atoms with E-state index in [2.05, 4.69) is 9.47 Å². The Morgan fingerprint density at radius 3 is 2.58 bits per heavy atom. The van der Waals surface area contributed by atoms with Gasteiger partial charge in [-0.05, 0) is 6.92 Å². The van der Waals surface area contributed by atoms with Crippen LogP contribution in [0.1, 0.15) is 6.92 Å². The number of cyclic esters (lactones) is 1. The molecule has 12 heavy (non-hydrogen) atoms. The monoisotopic (exact) mass is 172 g/mol. The number of hydrogen-bond acceptors (Lipinski definition) is 5. The van der Waals surface area contributed by atoms with Crippen LogP contribution in [-0.2, 0) is 19.1 Å². The Hall–Kier alpha value is -1.52. The molecule has 1 aliphatic rings. The van der Waals surface area contributed by atoms with Gasteiger partial charge in [0.25, 0.3) is 0 Å². The predicted molar refractivity (Wildman–Crippen MR) is 37.2 cm³/mol. The number of ether oxygens (including phenoxy) is 2. The van der Waals surface area contributed by atoms with E-state index in [0.717, 1.165) is 7.11 Å². The molecule has 66 valence electrons. The average Bonchev–Trinajstić information content (AvgIpc) is 2.26. The molecule has 0 aromatic rings. The maximum atomic E-state index is 10.9. The lowest BCUT2D eigenvalue weighted by atomic mass is 10.1. The molecule has 5 heteroatoms. The van der Waals surface area contributed by atoms with E-state index < -0.39 is 23.8 Å². The van der Waals surface area contributed by atoms with Crippen molar-refractivity contribution in [2.45, 2.75) is 13.0 Å². The lowest BCUT2D eigenvalue weighted by Crippen LogP contribution is -2.14. The predicted octanol–water partition coefficient (Wildman–Crippen LogP) is -0.0832. The van der Waals surface area contributed by atoms with Crippen LogP contribution in [0.4, 0.5) is 0 Å². The molecule has 0 aliphatic carbocycles. The third-order valence-electron chi connectivity index (χ3n) is 1.54. The van der Waals surface area contributed by atoms with Gasteiger partial charge in [0.2, 0.25) is 5.76 Å². The summed E-state index contributed by atoms with van der Waals surface area (Å²) in [6.07, 6.45) is -0.732. The highest BCUT2D eigenvalue weighted by atomic mass is 16.6. The highest BCUT2D eigenvalue weighted by molar-refractivity contribution is 6.02. The molecule has 0 radical (unpaired) electrons. The first kappa shape index (κ1) is 8.58. The summed E-state index contributed by atoms with van der Waals surface area (Å²) in [7, 11) is 1.16. The van der Waals surface area contributed by atoms with Gasteiger partial charge < -0.3 is 14.6 Å². The molecule has 1 unspecified atom stereocenters. The molecule has 0 aromatic heterocycles. The second-order valence-electron chi connectivity index (χ2n) is 2.30. The smallest absolute Gasteiger partial charge is 0.374 e. The van der Waals surface area contributed by atoms with Gasteiger partial charge in [-0.2, -0.15) is 0 Å². The highest BCUT2D eigenvalue weighted by Crippen LogP contribution is 2.21. The molecule has 5 nitrogen and oxygen atoms in total. The topological polar surface area (TPSA) is 72.8 Å². The van der Waals surface area contributed by atoms with Crippen molar-refractivity contribution in [3.05, 3.63) is 11.3 Å². The minimum Gasteiger partial charge on any atom is -0.501 e. The fourth-order valence-electron chi connectivity index (χ4n) is 0.950. The Kier molecular flexibility index (Phi) is 2.03. The Morgan fingerprint density at radius 1 is 1.67 bits per heavy atom. The van der Waals surface area contributed by atoms with Gasteiger partial charge in [-0.25, -0.2) is 9.59 Å². The molecule has 0 fully saturated rings. The largest absolute Gasteiger partial charge is 0.501 e. The van der Waals surface area contributed by atoms with Gasteiger partial charge in [0.1, 0.15) is 11.7 Å². The number of hydrogen-bond donors (Lipinski definition) is 1. The van der Waals surface area contributed by atoms with Crippen LogP contribution in [0.25, 0.3) is 0 Å². The summed E-state index contributed by atoms with van der Waals surface area (Å²) in [5, 5.41) is 9.03. The lowest BCUT2D eigenvalue weighted by Gasteiger charge is -2.04. The molecule has 0 spiro atoms. The summed E-state index contributed by atoms with van der Waals surface area (Å²) in [5.41, 5.74) is -0.123. The van der Waals surface area contributed by atoms with Crippen LogP contribution < -0.4 is 0 Å². The first-order valence-electron chi connectivity index (χ1n) is 3.30. The van der Waals surface area contributed by atoms with Gasteiger partial charge in [-0.1, -0.05) is 0 Å². The number of aliphatic hydroxyl groups excluding tert-OH is 1. The van der Waals surface area contributed by atoms with Gasteiger partial charge in [-0.3, -0.25) is 0 Å². The van der Waals surface area contributed by atoms with Crippen molar-refractivity contribution in [1.29, 1.82) is 0 Å². The van der Waals surface area contributed by atoms with Crippen LogP contribution in [0, 0.1) is 0 Å². The van der Waals surface area contributed by atoms with Crippen LogP contribution >= 0.6 is 0 Å². The van der Waals surface area contributed by atoms with Crippen LogP contribution in [0.5, 0.6) is 0 Å². The van der Waals surface area contributed by atoms with Crippen molar-refractivity contribution in [1.82, 2.24) is 0 Å². The lowest BCUT2D eigenvalue weighted by molar-refractivity contribution is -0.142. The molecular formula is C7H8O5. The molecule has 1 rings (SSSR count). The minimum absolute atomic E-state index is 0.123. The first-order valence-corrected chi connectivity index (χ1v) is 3.30. The summed E-state index contributed by atoms with van der Waals surface area (Å²) < 4.78 is 8.88. The van der Waals surface area contributed by atoms with Gasteiger partial charge in [0.05, 0.1) is 7.11 Å². The quantitative estimate of drug-likeness (QED) is 0.560. The van der Waals surface area contributed by atoms with E-state index in [1.807, 2.05) is 0 Å². The normalized spacial score (nSPS) is 22.5. The van der Waals surface area contributed by atoms with Gasteiger partial charge >= 0.3 is 11.9 Å². The third kappa shape index (κ3) is 1.13. The van der Waals surface area contributed by atoms with Gasteiger partial charge in [0.15, 0.2) is 0 Å². The molecule has 1 N–H and O–H groups in total. The van der Waals surface area contributed by atoms with Gasteiger partial charge in [0, 0.05) is 0 Å². The average molecular weight is 172 g/mol. The van der Waals surface area contributed by atoms with E-state index in [9.17, 15) is 9.59 Å². The van der Waals surface area contributed by atoms with Crippen LogP contribution in [0.15, 0.2) is 11.3 Å². The zero-order valence-corrected chi connectivity index (χ0v) is 6.66. The molecule has 0 saturated carbocycles. The molecule has 1 atom stereocenters. The molecule has 0 saturated heterocycles. The number of carbonyl (C=O) groups excluding carboxylic acids is 2. The fraction of sp³-hybridized carbons (Fsp3) is 0.429. The number of methoxy groups -OCH3 is 1. The second kappa shape index (κ2) is 2.84. The molecule has 0 bridgehead atoms. The maximum Gasteiger partial charge on any atom is 0.374 e. The van der Waals surface area contributed by atoms with Crippen LogP contribution in [0.3, 0.4) is 0 Å². The minimum atomic E-state index is -0.886. The number of carbonyl (C=O) groups is 2. The standard InChI is InChI=1S/C7H8O5/c1-3-4(6(9)11-2)5(8)7(10)12-3/h3,8H,1-2H3. The van der Waals surface area contributed by atoms with E-state index in [0.29, 0.717) is 0 Å². The van der Waals surface area contributed by atoms with Crippen LogP contribution in [-0.4, -0.2) is 30.3 Å². The Morgan fingerprint density at radius 2 is 2.25 bits per heavy atom. The Bertz CT molecular complexity index is 265. The molecule has 1 aliphatic heterocycles. The fourth-order valence-corrected chi connectivity index (χ4v) is 0.950. The van der Waals surface area contributed by atoms with Crippen molar-refractivity contribution in [2.24, 2.45) is 0 Å². The van der Waals surface area contributed by atoms with Crippen molar-refractivity contribution in [3.8, 4) is 0 Å². The van der Waals surface area contributed by atoms with E-state index in [1.54, 1.807) is 0 Å². The maximum absolute atomic E-state index is 10.9. The van der Waals surface area contributed by atoms with Crippen molar-refractivity contribution < 1.29 is 24.2 Å². The van der Waals surface area contributed by atoms with Crippen LogP contribution in [0.2, 0.25) is 0 Å². The summed E-state index contributed by atoms with van der Waals surface area (Å²) in [5.74, 6) is -2.29. The van der Waals surface area contributed by atoms with Crippen molar-refractivity contribution in [2.75, 3.05) is 7.11 Å². The zero-order valence-electron chi connectivity index (χ0n) is 6.66. The number of aliphatic hydroxyl groups is 1. The summed E-state index contributed by atoms with van der Waals surface area (Å²) in [6.45, 7) is 1.48. The van der Waals surface area contributed by atoms with E-state index >= 15 is 0 Å². The van der Waals surface area contributed by atoms with E-state index in [1.165, 1.54) is 6.92 Å². The van der Waals surface area contributed by atoms with E-state index in [4.69, 9.17) is 5.11 Å². The molecule has 0 amide bonds. The summed E-state index contributed by atoms with van der Waals surface area (Å²) >= 11 is 0.